The Morgan fingerprint density at radius 3 is 2.86 bits per heavy atom. The van der Waals surface area contributed by atoms with Gasteiger partial charge in [0, 0.05) is 25.7 Å². The van der Waals surface area contributed by atoms with E-state index >= 15 is 0 Å². The Hall–Kier alpha value is -1.15. The molecule has 118 valence electrons. The van der Waals surface area contributed by atoms with Crippen LogP contribution in [0.1, 0.15) is 13.8 Å². The van der Waals surface area contributed by atoms with Gasteiger partial charge in [0.25, 0.3) is 0 Å². The van der Waals surface area contributed by atoms with Crippen LogP contribution in [-0.2, 0) is 14.8 Å². The number of benzene rings is 1. The van der Waals surface area contributed by atoms with Crippen LogP contribution in [-0.4, -0.2) is 46.8 Å². The Bertz CT molecular complexity index is 575. The van der Waals surface area contributed by atoms with E-state index in [-0.39, 0.29) is 12.1 Å². The maximum atomic E-state index is 12.3. The average molecular weight is 313 g/mol. The Morgan fingerprint density at radius 1 is 1.48 bits per heavy atom. The molecule has 1 aliphatic rings. The first kappa shape index (κ1) is 16.2. The molecular weight excluding hydrogens is 290 g/mol. The molecule has 1 saturated heterocycles. The lowest BCUT2D eigenvalue weighted by Gasteiger charge is -2.36. The van der Waals surface area contributed by atoms with Crippen LogP contribution in [0.25, 0.3) is 0 Å². The molecule has 2 unspecified atom stereocenters. The SMILES string of the molecule is CCNS(=O)(=O)c1ccccc1N1CCOC(C(C)N)C1. The van der Waals surface area contributed by atoms with Gasteiger partial charge in [-0.05, 0) is 19.1 Å². The number of morpholine rings is 1. The van der Waals surface area contributed by atoms with Crippen LogP contribution in [0.4, 0.5) is 5.69 Å². The summed E-state index contributed by atoms with van der Waals surface area (Å²) in [7, 11) is -3.49. The molecule has 1 aromatic rings. The van der Waals surface area contributed by atoms with Crippen molar-refractivity contribution in [3.63, 3.8) is 0 Å². The molecule has 1 fully saturated rings. The van der Waals surface area contributed by atoms with Gasteiger partial charge >= 0.3 is 0 Å². The summed E-state index contributed by atoms with van der Waals surface area (Å²) in [5.74, 6) is 0. The van der Waals surface area contributed by atoms with Crippen LogP contribution in [0.3, 0.4) is 0 Å². The van der Waals surface area contributed by atoms with Gasteiger partial charge in [-0.15, -0.1) is 0 Å². The molecule has 0 amide bonds. The summed E-state index contributed by atoms with van der Waals surface area (Å²) in [6.45, 7) is 5.82. The van der Waals surface area contributed by atoms with E-state index in [4.69, 9.17) is 10.5 Å². The molecule has 0 aromatic heterocycles. The van der Waals surface area contributed by atoms with Gasteiger partial charge in [0.15, 0.2) is 0 Å². The maximum Gasteiger partial charge on any atom is 0.242 e. The fourth-order valence-electron chi connectivity index (χ4n) is 2.43. The van der Waals surface area contributed by atoms with E-state index in [1.165, 1.54) is 0 Å². The second-order valence-electron chi connectivity index (χ2n) is 5.18. The predicted molar refractivity (Wildman–Crippen MR) is 82.9 cm³/mol. The monoisotopic (exact) mass is 313 g/mol. The van der Waals surface area contributed by atoms with Gasteiger partial charge in [-0.1, -0.05) is 19.1 Å². The zero-order valence-corrected chi connectivity index (χ0v) is 13.3. The van der Waals surface area contributed by atoms with Crippen molar-refractivity contribution in [1.29, 1.82) is 0 Å². The molecule has 0 bridgehead atoms. The third-order valence-electron chi connectivity index (χ3n) is 3.51. The van der Waals surface area contributed by atoms with Crippen LogP contribution in [0.15, 0.2) is 29.2 Å². The third kappa shape index (κ3) is 3.74. The van der Waals surface area contributed by atoms with E-state index in [0.717, 1.165) is 0 Å². The van der Waals surface area contributed by atoms with Gasteiger partial charge < -0.3 is 15.4 Å². The Balaban J connectivity index is 2.32. The van der Waals surface area contributed by atoms with Crippen LogP contribution < -0.4 is 15.4 Å². The molecule has 2 atom stereocenters. The van der Waals surface area contributed by atoms with Gasteiger partial charge in [-0.25, -0.2) is 13.1 Å². The summed E-state index contributed by atoms with van der Waals surface area (Å²) >= 11 is 0. The van der Waals surface area contributed by atoms with Crippen molar-refractivity contribution >= 4 is 15.7 Å². The highest BCUT2D eigenvalue weighted by Gasteiger charge is 2.27. The van der Waals surface area contributed by atoms with Gasteiger partial charge in [-0.2, -0.15) is 0 Å². The molecule has 0 saturated carbocycles. The van der Waals surface area contributed by atoms with E-state index in [1.807, 2.05) is 24.0 Å². The number of rotatable bonds is 5. The lowest BCUT2D eigenvalue weighted by atomic mass is 10.1. The fourth-order valence-corrected chi connectivity index (χ4v) is 3.69. The molecule has 1 aromatic carbocycles. The molecule has 0 spiro atoms. The first-order valence-electron chi connectivity index (χ1n) is 7.16. The highest BCUT2D eigenvalue weighted by Crippen LogP contribution is 2.26. The summed E-state index contributed by atoms with van der Waals surface area (Å²) in [4.78, 5) is 2.33. The minimum absolute atomic E-state index is 0.0892. The van der Waals surface area contributed by atoms with Crippen LogP contribution in [0, 0.1) is 0 Å². The third-order valence-corrected chi connectivity index (χ3v) is 5.10. The molecule has 1 heterocycles. The summed E-state index contributed by atoms with van der Waals surface area (Å²) < 4.78 is 32.8. The summed E-state index contributed by atoms with van der Waals surface area (Å²) in [6, 6.07) is 6.94. The van der Waals surface area contributed by atoms with E-state index < -0.39 is 10.0 Å². The van der Waals surface area contributed by atoms with E-state index in [1.54, 1.807) is 19.1 Å². The molecule has 1 aliphatic heterocycles. The van der Waals surface area contributed by atoms with Crippen LogP contribution in [0.2, 0.25) is 0 Å². The summed E-state index contributed by atoms with van der Waals surface area (Å²) in [5, 5.41) is 0. The quantitative estimate of drug-likeness (QED) is 0.829. The van der Waals surface area contributed by atoms with Gasteiger partial charge in [0.2, 0.25) is 10.0 Å². The van der Waals surface area contributed by atoms with Crippen LogP contribution in [0.5, 0.6) is 0 Å². The smallest absolute Gasteiger partial charge is 0.242 e. The number of nitrogens with one attached hydrogen (secondary N) is 1. The summed E-state index contributed by atoms with van der Waals surface area (Å²) in [5.41, 5.74) is 6.60. The number of anilines is 1. The molecular formula is C14H23N3O3S. The Kier molecular flexibility index (Phi) is 5.21. The van der Waals surface area contributed by atoms with E-state index in [9.17, 15) is 8.42 Å². The number of hydrogen-bond acceptors (Lipinski definition) is 5. The molecule has 2 rings (SSSR count). The first-order valence-corrected chi connectivity index (χ1v) is 8.65. The van der Waals surface area contributed by atoms with Crippen molar-refractivity contribution in [2.24, 2.45) is 5.73 Å². The number of ether oxygens (including phenoxy) is 1. The molecule has 7 heteroatoms. The second kappa shape index (κ2) is 6.74. The average Bonchev–Trinajstić information content (AvgIpc) is 2.47. The fraction of sp³-hybridized carbons (Fsp3) is 0.571. The van der Waals surface area contributed by atoms with Crippen LogP contribution >= 0.6 is 0 Å². The standard InChI is InChI=1S/C14H23N3O3S/c1-3-16-21(18,19)14-7-5-4-6-12(14)17-8-9-20-13(10-17)11(2)15/h4-7,11,13,16H,3,8-10,15H2,1-2H3. The van der Waals surface area contributed by atoms with Gasteiger partial charge in [0.1, 0.15) is 4.90 Å². The molecule has 0 radical (unpaired) electrons. The zero-order chi connectivity index (χ0) is 15.5. The lowest BCUT2D eigenvalue weighted by molar-refractivity contribution is 0.0274. The first-order chi connectivity index (χ1) is 9.95. The van der Waals surface area contributed by atoms with E-state index in [0.29, 0.717) is 36.8 Å². The van der Waals surface area contributed by atoms with Crippen molar-refractivity contribution < 1.29 is 13.2 Å². The number of sulfonamides is 1. The van der Waals surface area contributed by atoms with Crippen molar-refractivity contribution in [1.82, 2.24) is 4.72 Å². The summed E-state index contributed by atoms with van der Waals surface area (Å²) in [6.07, 6.45) is -0.0892. The number of para-hydroxylation sites is 1. The van der Waals surface area contributed by atoms with Gasteiger partial charge in [-0.3, -0.25) is 0 Å². The Morgan fingerprint density at radius 2 is 2.19 bits per heavy atom. The number of nitrogens with two attached hydrogens (primary N) is 1. The lowest BCUT2D eigenvalue weighted by Crippen LogP contribution is -2.50. The zero-order valence-electron chi connectivity index (χ0n) is 12.5. The minimum atomic E-state index is -3.49. The number of hydrogen-bond donors (Lipinski definition) is 2. The largest absolute Gasteiger partial charge is 0.373 e. The van der Waals surface area contributed by atoms with Crippen molar-refractivity contribution in [3.8, 4) is 0 Å². The molecule has 0 aliphatic carbocycles. The van der Waals surface area contributed by atoms with Crippen molar-refractivity contribution in [2.75, 3.05) is 31.1 Å². The normalized spacial score (nSPS) is 21.3. The van der Waals surface area contributed by atoms with Gasteiger partial charge in [0.05, 0.1) is 18.4 Å². The molecule has 21 heavy (non-hydrogen) atoms. The van der Waals surface area contributed by atoms with Crippen molar-refractivity contribution in [2.45, 2.75) is 30.9 Å². The number of nitrogens with zero attached hydrogens (tertiary/aromatic N) is 1. The van der Waals surface area contributed by atoms with Crippen molar-refractivity contribution in [3.05, 3.63) is 24.3 Å². The second-order valence-corrected chi connectivity index (χ2v) is 6.92. The molecule has 6 nitrogen and oxygen atoms in total. The predicted octanol–water partition coefficient (Wildman–Crippen LogP) is 0.537. The highest BCUT2D eigenvalue weighted by atomic mass is 32.2. The Labute approximate surface area is 126 Å². The minimum Gasteiger partial charge on any atom is -0.373 e. The topological polar surface area (TPSA) is 84.7 Å². The maximum absolute atomic E-state index is 12.3. The highest BCUT2D eigenvalue weighted by molar-refractivity contribution is 7.89. The molecule has 3 N–H and O–H groups in total. The van der Waals surface area contributed by atoms with E-state index in [2.05, 4.69) is 4.72 Å².